The Balaban J connectivity index is 3.26. The van der Waals surface area contributed by atoms with Crippen LogP contribution in [-0.4, -0.2) is 18.3 Å². The lowest BCUT2D eigenvalue weighted by Gasteiger charge is -2.06. The predicted molar refractivity (Wildman–Crippen MR) is 33.7 cm³/mol. The van der Waals surface area contributed by atoms with Gasteiger partial charge in [0.15, 0.2) is 5.96 Å². The first-order valence-electron chi connectivity index (χ1n) is 2.47. The van der Waals surface area contributed by atoms with Crippen molar-refractivity contribution in [1.82, 2.24) is 10.9 Å². The summed E-state index contributed by atoms with van der Waals surface area (Å²) in [5.74, 6) is -0.205. The molecule has 5 heteroatoms. The van der Waals surface area contributed by atoms with Gasteiger partial charge in [-0.3, -0.25) is 10.8 Å². The van der Waals surface area contributed by atoms with Gasteiger partial charge in [-0.25, -0.2) is 5.43 Å². The van der Waals surface area contributed by atoms with Crippen molar-refractivity contribution in [1.29, 1.82) is 5.41 Å². The largest absolute Gasteiger partial charge is 0.369 e. The molecule has 0 saturated carbocycles. The lowest BCUT2D eigenvalue weighted by Crippen LogP contribution is -2.46. The van der Waals surface area contributed by atoms with Crippen LogP contribution in [0.3, 0.4) is 0 Å². The molecule has 52 valence electrons. The highest BCUT2D eigenvalue weighted by Crippen LogP contribution is 1.65. The van der Waals surface area contributed by atoms with Crippen LogP contribution >= 0.6 is 0 Å². The SMILES string of the molecule is CC(C=O)NNC(=N)N. The van der Waals surface area contributed by atoms with E-state index in [1.165, 1.54) is 0 Å². The lowest BCUT2D eigenvalue weighted by molar-refractivity contribution is -0.109. The van der Waals surface area contributed by atoms with Crippen LogP contribution in [0.1, 0.15) is 6.92 Å². The van der Waals surface area contributed by atoms with Crippen molar-refractivity contribution < 1.29 is 4.79 Å². The van der Waals surface area contributed by atoms with E-state index in [4.69, 9.17) is 11.1 Å². The van der Waals surface area contributed by atoms with Crippen molar-refractivity contribution in [3.8, 4) is 0 Å². The molecule has 0 rings (SSSR count). The molecule has 0 saturated heterocycles. The van der Waals surface area contributed by atoms with Crippen molar-refractivity contribution in [3.05, 3.63) is 0 Å². The molecule has 0 bridgehead atoms. The maximum atomic E-state index is 9.90. The highest BCUT2D eigenvalue weighted by molar-refractivity contribution is 5.74. The van der Waals surface area contributed by atoms with Crippen LogP contribution in [0.25, 0.3) is 0 Å². The molecule has 0 aliphatic carbocycles. The van der Waals surface area contributed by atoms with Crippen molar-refractivity contribution in [3.63, 3.8) is 0 Å². The second-order valence-corrected chi connectivity index (χ2v) is 1.61. The number of hydrazine groups is 1. The monoisotopic (exact) mass is 130 g/mol. The fraction of sp³-hybridized carbons (Fsp3) is 0.500. The summed E-state index contributed by atoms with van der Waals surface area (Å²) < 4.78 is 0. The van der Waals surface area contributed by atoms with Crippen LogP contribution < -0.4 is 16.6 Å². The number of nitrogens with two attached hydrogens (primary N) is 1. The normalized spacial score (nSPS) is 12.1. The van der Waals surface area contributed by atoms with Gasteiger partial charge in [0, 0.05) is 0 Å². The molecule has 5 nitrogen and oxygen atoms in total. The van der Waals surface area contributed by atoms with Crippen LogP contribution in [0.4, 0.5) is 0 Å². The van der Waals surface area contributed by atoms with E-state index in [0.717, 1.165) is 0 Å². The average molecular weight is 130 g/mol. The second kappa shape index (κ2) is 3.85. The van der Waals surface area contributed by atoms with Crippen molar-refractivity contribution in [2.75, 3.05) is 0 Å². The number of hydrogen-bond donors (Lipinski definition) is 4. The summed E-state index contributed by atoms with van der Waals surface area (Å²) in [6, 6.07) is -0.325. The van der Waals surface area contributed by atoms with Gasteiger partial charge in [0.25, 0.3) is 0 Å². The van der Waals surface area contributed by atoms with Gasteiger partial charge in [-0.1, -0.05) is 0 Å². The Morgan fingerprint density at radius 1 is 1.89 bits per heavy atom. The molecule has 0 aromatic carbocycles. The van der Waals surface area contributed by atoms with E-state index in [0.29, 0.717) is 6.29 Å². The number of rotatable bonds is 3. The third-order valence-electron chi connectivity index (χ3n) is 0.639. The molecule has 0 amide bonds. The van der Waals surface area contributed by atoms with Crippen LogP contribution in [0.15, 0.2) is 0 Å². The first kappa shape index (κ1) is 7.90. The van der Waals surface area contributed by atoms with Crippen LogP contribution in [0, 0.1) is 5.41 Å². The summed E-state index contributed by atoms with van der Waals surface area (Å²) in [7, 11) is 0. The van der Waals surface area contributed by atoms with E-state index in [1.807, 2.05) is 0 Å². The highest BCUT2D eigenvalue weighted by atomic mass is 16.1. The zero-order valence-corrected chi connectivity index (χ0v) is 5.14. The Morgan fingerprint density at radius 3 is 2.78 bits per heavy atom. The number of hydrogen-bond acceptors (Lipinski definition) is 3. The molecule has 0 radical (unpaired) electrons. The zero-order chi connectivity index (χ0) is 7.28. The first-order chi connectivity index (χ1) is 4.16. The van der Waals surface area contributed by atoms with E-state index in [1.54, 1.807) is 6.92 Å². The number of aldehydes is 1. The molecule has 0 fully saturated rings. The number of carbonyl (C=O) groups excluding carboxylic acids is 1. The molecule has 5 N–H and O–H groups in total. The number of nitrogens with one attached hydrogen (secondary N) is 3. The minimum absolute atomic E-state index is 0.205. The van der Waals surface area contributed by atoms with Crippen molar-refractivity contribution in [2.45, 2.75) is 13.0 Å². The molecular formula is C4H10N4O. The molecule has 9 heavy (non-hydrogen) atoms. The van der Waals surface area contributed by atoms with Gasteiger partial charge in [0.05, 0.1) is 6.04 Å². The predicted octanol–water partition coefficient (Wildman–Crippen LogP) is -1.44. The molecular weight excluding hydrogens is 120 g/mol. The molecule has 0 heterocycles. The van der Waals surface area contributed by atoms with Crippen LogP contribution in [0.5, 0.6) is 0 Å². The molecule has 1 atom stereocenters. The third-order valence-corrected chi connectivity index (χ3v) is 0.639. The van der Waals surface area contributed by atoms with E-state index >= 15 is 0 Å². The van der Waals surface area contributed by atoms with E-state index in [-0.39, 0.29) is 12.0 Å². The summed E-state index contributed by atoms with van der Waals surface area (Å²) in [6.45, 7) is 1.64. The highest BCUT2D eigenvalue weighted by Gasteiger charge is 1.94. The zero-order valence-electron chi connectivity index (χ0n) is 5.14. The molecule has 0 aliphatic heterocycles. The third kappa shape index (κ3) is 4.76. The number of guanidine groups is 1. The summed E-state index contributed by atoms with van der Waals surface area (Å²) >= 11 is 0. The topological polar surface area (TPSA) is 91.0 Å². The fourth-order valence-corrected chi connectivity index (χ4v) is 0.226. The van der Waals surface area contributed by atoms with E-state index < -0.39 is 0 Å². The number of carbonyl (C=O) groups is 1. The van der Waals surface area contributed by atoms with Gasteiger partial charge in [0.2, 0.25) is 0 Å². The minimum atomic E-state index is -0.325. The Bertz CT molecular complexity index is 113. The van der Waals surface area contributed by atoms with E-state index in [2.05, 4.69) is 10.9 Å². The maximum absolute atomic E-state index is 9.90. The minimum Gasteiger partial charge on any atom is -0.369 e. The maximum Gasteiger partial charge on any atom is 0.200 e. The van der Waals surface area contributed by atoms with Gasteiger partial charge in [0.1, 0.15) is 6.29 Å². The van der Waals surface area contributed by atoms with Crippen molar-refractivity contribution in [2.24, 2.45) is 5.73 Å². The first-order valence-corrected chi connectivity index (χ1v) is 2.47. The van der Waals surface area contributed by atoms with Gasteiger partial charge >= 0.3 is 0 Å². The van der Waals surface area contributed by atoms with Gasteiger partial charge in [-0.2, -0.15) is 0 Å². The summed E-state index contributed by atoms with van der Waals surface area (Å²) in [4.78, 5) is 9.90. The van der Waals surface area contributed by atoms with Crippen LogP contribution in [0.2, 0.25) is 0 Å². The lowest BCUT2D eigenvalue weighted by atomic mass is 10.4. The van der Waals surface area contributed by atoms with Gasteiger partial charge < -0.3 is 10.5 Å². The fourth-order valence-electron chi connectivity index (χ4n) is 0.226. The van der Waals surface area contributed by atoms with E-state index in [9.17, 15) is 4.79 Å². The molecule has 1 unspecified atom stereocenters. The van der Waals surface area contributed by atoms with Crippen LogP contribution in [-0.2, 0) is 4.79 Å². The quantitative estimate of drug-likeness (QED) is 0.163. The molecule has 0 aliphatic rings. The standard InChI is InChI=1S/C4H10N4O/c1-3(2-9)7-8-4(5)6/h2-3,7H,1H3,(H4,5,6,8). The Labute approximate surface area is 53.1 Å². The Kier molecular flexibility index (Phi) is 3.38. The van der Waals surface area contributed by atoms with Crippen molar-refractivity contribution >= 4 is 12.2 Å². The molecule has 0 aromatic rings. The average Bonchev–Trinajstić information content (AvgIpc) is 1.83. The summed E-state index contributed by atoms with van der Waals surface area (Å²) in [6.07, 6.45) is 0.704. The summed E-state index contributed by atoms with van der Waals surface area (Å²) in [5.41, 5.74) is 9.63. The van der Waals surface area contributed by atoms with Gasteiger partial charge in [-0.05, 0) is 6.92 Å². The molecule has 0 aromatic heterocycles. The Hall–Kier alpha value is -1.10. The summed E-state index contributed by atoms with van der Waals surface area (Å²) in [5, 5.41) is 6.65. The van der Waals surface area contributed by atoms with Gasteiger partial charge in [-0.15, -0.1) is 0 Å². The molecule has 0 spiro atoms. The Morgan fingerprint density at radius 2 is 2.44 bits per heavy atom. The smallest absolute Gasteiger partial charge is 0.200 e. The second-order valence-electron chi connectivity index (χ2n) is 1.61.